The lowest BCUT2D eigenvalue weighted by molar-refractivity contribution is 0.0692. The number of nitrogens with one attached hydrogen (secondary N) is 1. The summed E-state index contributed by atoms with van der Waals surface area (Å²) in [7, 11) is 2.82. The van der Waals surface area contributed by atoms with E-state index in [-0.39, 0.29) is 23.4 Å². The van der Waals surface area contributed by atoms with Crippen LogP contribution in [0.1, 0.15) is 22.0 Å². The first kappa shape index (κ1) is 13.4. The summed E-state index contributed by atoms with van der Waals surface area (Å²) >= 11 is 0. The van der Waals surface area contributed by atoms with E-state index >= 15 is 0 Å². The molecule has 0 aliphatic heterocycles. The molecule has 0 saturated heterocycles. The van der Waals surface area contributed by atoms with Gasteiger partial charge in [0.25, 0.3) is 0 Å². The molecule has 1 aromatic carbocycles. The summed E-state index contributed by atoms with van der Waals surface area (Å²) in [5.41, 5.74) is -0.118. The molecule has 1 unspecified atom stereocenters. The monoisotopic (exact) mass is 243 g/mol. The van der Waals surface area contributed by atoms with E-state index in [0.717, 1.165) is 6.07 Å². The maximum atomic E-state index is 13.6. The van der Waals surface area contributed by atoms with Crippen LogP contribution in [-0.4, -0.2) is 36.9 Å². The minimum Gasteiger partial charge on any atom is -0.493 e. The lowest BCUT2D eigenvalue weighted by Gasteiger charge is -2.13. The van der Waals surface area contributed by atoms with Gasteiger partial charge in [0.2, 0.25) is 0 Å². The minimum absolute atomic E-state index is 0.190. The molecule has 6 heteroatoms. The molecule has 17 heavy (non-hydrogen) atoms. The first-order valence-electron chi connectivity index (χ1n) is 4.94. The predicted octanol–water partition coefficient (Wildman–Crippen LogP) is 0.785. The third-order valence-electron chi connectivity index (χ3n) is 2.28. The van der Waals surface area contributed by atoms with Gasteiger partial charge in [0.05, 0.1) is 13.2 Å². The zero-order valence-corrected chi connectivity index (χ0v) is 9.53. The van der Waals surface area contributed by atoms with E-state index in [9.17, 15) is 14.3 Å². The molecule has 94 valence electrons. The van der Waals surface area contributed by atoms with Gasteiger partial charge in [-0.05, 0) is 24.7 Å². The molecule has 1 atom stereocenters. The van der Waals surface area contributed by atoms with Crippen molar-refractivity contribution >= 4 is 5.97 Å². The fraction of sp³-hybridized carbons (Fsp3) is 0.364. The second kappa shape index (κ2) is 5.60. The average molecular weight is 243 g/mol. The Kier molecular flexibility index (Phi) is 4.42. The second-order valence-electron chi connectivity index (χ2n) is 3.46. The van der Waals surface area contributed by atoms with Gasteiger partial charge in [-0.25, -0.2) is 9.18 Å². The predicted molar refractivity (Wildman–Crippen MR) is 58.8 cm³/mol. The molecule has 0 fully saturated rings. The Bertz CT molecular complexity index is 422. The van der Waals surface area contributed by atoms with Crippen LogP contribution in [0, 0.1) is 5.82 Å². The van der Waals surface area contributed by atoms with Crippen LogP contribution in [0.25, 0.3) is 0 Å². The molecule has 0 saturated carbocycles. The summed E-state index contributed by atoms with van der Waals surface area (Å²) in [5, 5.41) is 21.3. The lowest BCUT2D eigenvalue weighted by atomic mass is 10.0. The van der Waals surface area contributed by atoms with Gasteiger partial charge in [-0.15, -0.1) is 0 Å². The number of ether oxygens (including phenoxy) is 1. The van der Waals surface area contributed by atoms with Crippen molar-refractivity contribution in [3.05, 3.63) is 29.1 Å². The number of carbonyl (C=O) groups is 1. The van der Waals surface area contributed by atoms with Crippen molar-refractivity contribution in [2.75, 3.05) is 20.7 Å². The molecule has 1 rings (SSSR count). The normalized spacial score (nSPS) is 12.2. The molecule has 0 bridgehead atoms. The number of hydrogen-bond acceptors (Lipinski definition) is 4. The van der Waals surface area contributed by atoms with Crippen molar-refractivity contribution in [2.24, 2.45) is 0 Å². The molecular weight excluding hydrogens is 229 g/mol. The minimum atomic E-state index is -1.31. The Morgan fingerprint density at radius 1 is 1.59 bits per heavy atom. The van der Waals surface area contributed by atoms with Crippen LogP contribution >= 0.6 is 0 Å². The quantitative estimate of drug-likeness (QED) is 0.712. The third-order valence-corrected chi connectivity index (χ3v) is 2.28. The number of methoxy groups -OCH3 is 1. The van der Waals surface area contributed by atoms with Crippen LogP contribution in [0.3, 0.4) is 0 Å². The Hall–Kier alpha value is -1.66. The SMILES string of the molecule is CNCC(O)c1cc(F)c(OC)c(C(=O)O)c1. The van der Waals surface area contributed by atoms with Crippen molar-refractivity contribution in [2.45, 2.75) is 6.10 Å². The molecule has 0 aliphatic carbocycles. The summed E-state index contributed by atoms with van der Waals surface area (Å²) < 4.78 is 18.2. The molecule has 1 aromatic rings. The van der Waals surface area contributed by atoms with Crippen LogP contribution in [0.5, 0.6) is 5.75 Å². The van der Waals surface area contributed by atoms with Crippen molar-refractivity contribution in [1.29, 1.82) is 0 Å². The van der Waals surface area contributed by atoms with E-state index in [1.807, 2.05) is 0 Å². The number of aromatic carboxylic acids is 1. The van der Waals surface area contributed by atoms with Gasteiger partial charge in [-0.1, -0.05) is 0 Å². The second-order valence-corrected chi connectivity index (χ2v) is 3.46. The van der Waals surface area contributed by atoms with E-state index in [4.69, 9.17) is 5.11 Å². The molecular formula is C11H14FNO4. The van der Waals surface area contributed by atoms with Gasteiger partial charge in [0.1, 0.15) is 5.56 Å². The van der Waals surface area contributed by atoms with Gasteiger partial charge in [0, 0.05) is 6.54 Å². The Morgan fingerprint density at radius 2 is 2.24 bits per heavy atom. The largest absolute Gasteiger partial charge is 0.493 e. The number of benzene rings is 1. The highest BCUT2D eigenvalue weighted by molar-refractivity contribution is 5.91. The third kappa shape index (κ3) is 2.92. The van der Waals surface area contributed by atoms with Crippen LogP contribution in [0.15, 0.2) is 12.1 Å². The average Bonchev–Trinajstić information content (AvgIpc) is 2.28. The fourth-order valence-electron chi connectivity index (χ4n) is 1.48. The number of carboxylic acid groups (broad SMARTS) is 1. The molecule has 3 N–H and O–H groups in total. The van der Waals surface area contributed by atoms with Crippen molar-refractivity contribution < 1.29 is 24.1 Å². The molecule has 0 radical (unpaired) electrons. The fourth-order valence-corrected chi connectivity index (χ4v) is 1.48. The first-order chi connectivity index (χ1) is 8.01. The summed E-state index contributed by atoms with van der Waals surface area (Å²) in [6, 6.07) is 2.26. The van der Waals surface area contributed by atoms with Gasteiger partial charge >= 0.3 is 5.97 Å². The molecule has 0 aliphatic rings. The zero-order chi connectivity index (χ0) is 13.0. The number of halogens is 1. The molecule has 5 nitrogen and oxygen atoms in total. The number of aliphatic hydroxyl groups is 1. The van der Waals surface area contributed by atoms with Crippen LogP contribution in [-0.2, 0) is 0 Å². The van der Waals surface area contributed by atoms with Crippen molar-refractivity contribution in [1.82, 2.24) is 5.32 Å². The highest BCUT2D eigenvalue weighted by atomic mass is 19.1. The van der Waals surface area contributed by atoms with Crippen molar-refractivity contribution in [3.8, 4) is 5.75 Å². The topological polar surface area (TPSA) is 78.8 Å². The van der Waals surface area contributed by atoms with E-state index in [0.29, 0.717) is 0 Å². The number of hydrogen-bond donors (Lipinski definition) is 3. The summed E-state index contributed by atoms with van der Waals surface area (Å²) in [6.45, 7) is 0.199. The lowest BCUT2D eigenvalue weighted by Crippen LogP contribution is -2.17. The smallest absolute Gasteiger partial charge is 0.339 e. The molecule has 0 spiro atoms. The Labute approximate surface area is 97.8 Å². The standard InChI is InChI=1S/C11H14FNO4/c1-13-5-9(14)6-3-7(11(15)16)10(17-2)8(12)4-6/h3-4,9,13-14H,5H2,1-2H3,(H,15,16). The maximum absolute atomic E-state index is 13.6. The van der Waals surface area contributed by atoms with Crippen LogP contribution in [0.4, 0.5) is 4.39 Å². The number of likely N-dealkylation sites (N-methyl/N-ethyl adjacent to an activating group) is 1. The number of rotatable bonds is 5. The van der Waals surface area contributed by atoms with E-state index in [1.165, 1.54) is 13.2 Å². The number of carboxylic acids is 1. The van der Waals surface area contributed by atoms with Gasteiger partial charge in [-0.3, -0.25) is 0 Å². The summed E-state index contributed by atoms with van der Waals surface area (Å²) in [4.78, 5) is 10.9. The van der Waals surface area contributed by atoms with Crippen molar-refractivity contribution in [3.63, 3.8) is 0 Å². The highest BCUT2D eigenvalue weighted by Gasteiger charge is 2.19. The van der Waals surface area contributed by atoms with E-state index in [2.05, 4.69) is 10.1 Å². The van der Waals surface area contributed by atoms with E-state index in [1.54, 1.807) is 7.05 Å². The Morgan fingerprint density at radius 3 is 2.71 bits per heavy atom. The molecule has 0 aromatic heterocycles. The summed E-state index contributed by atoms with van der Waals surface area (Å²) in [5.74, 6) is -2.45. The zero-order valence-electron chi connectivity index (χ0n) is 9.53. The molecule has 0 heterocycles. The first-order valence-corrected chi connectivity index (χ1v) is 4.94. The van der Waals surface area contributed by atoms with Crippen LogP contribution in [0.2, 0.25) is 0 Å². The van der Waals surface area contributed by atoms with E-state index < -0.39 is 17.9 Å². The van der Waals surface area contributed by atoms with Crippen LogP contribution < -0.4 is 10.1 Å². The maximum Gasteiger partial charge on any atom is 0.339 e. The summed E-state index contributed by atoms with van der Waals surface area (Å²) in [6.07, 6.45) is -0.974. The number of aliphatic hydroxyl groups excluding tert-OH is 1. The molecule has 0 amide bonds. The highest BCUT2D eigenvalue weighted by Crippen LogP contribution is 2.27. The van der Waals surface area contributed by atoms with Gasteiger partial charge in [0.15, 0.2) is 11.6 Å². The Balaban J connectivity index is 3.24. The van der Waals surface area contributed by atoms with Gasteiger partial charge < -0.3 is 20.3 Å². The van der Waals surface area contributed by atoms with Gasteiger partial charge in [-0.2, -0.15) is 0 Å².